The zero-order valence-corrected chi connectivity index (χ0v) is 21.4. The van der Waals surface area contributed by atoms with Crippen molar-refractivity contribution in [1.82, 2.24) is 0 Å². The molecule has 8 heteroatoms. The normalized spacial score (nSPS) is 27.8. The molecule has 0 aromatic heterocycles. The van der Waals surface area contributed by atoms with E-state index in [1.807, 2.05) is 50.2 Å². The Morgan fingerprint density at radius 1 is 0.750 bits per heavy atom. The summed E-state index contributed by atoms with van der Waals surface area (Å²) < 4.78 is 10.9. The first-order chi connectivity index (χ1) is 17.1. The van der Waals surface area contributed by atoms with Crippen LogP contribution in [-0.2, 0) is 39.5 Å². The number of anilines is 2. The molecular formula is C28H30N2O6. The fourth-order valence-electron chi connectivity index (χ4n) is 6.84. The van der Waals surface area contributed by atoms with Crippen molar-refractivity contribution < 1.29 is 28.7 Å². The van der Waals surface area contributed by atoms with Gasteiger partial charge < -0.3 is 19.3 Å². The molecule has 188 valence electrons. The third-order valence-electron chi connectivity index (χ3n) is 8.13. The zero-order valence-electron chi connectivity index (χ0n) is 21.4. The Hall–Kier alpha value is -3.68. The van der Waals surface area contributed by atoms with Crippen LogP contribution in [0.15, 0.2) is 36.4 Å². The molecule has 1 fully saturated rings. The Balaban J connectivity index is 1.94. The second-order valence-electron chi connectivity index (χ2n) is 9.85. The Bertz CT molecular complexity index is 1230. The number of carbonyl (C=O) groups excluding carboxylic acids is 4. The minimum atomic E-state index is -1.66. The molecule has 0 unspecified atom stereocenters. The van der Waals surface area contributed by atoms with E-state index in [9.17, 15) is 19.2 Å². The van der Waals surface area contributed by atoms with Crippen LogP contribution in [0.1, 0.15) is 36.1 Å². The van der Waals surface area contributed by atoms with E-state index in [0.717, 1.165) is 11.1 Å². The third-order valence-corrected chi connectivity index (χ3v) is 8.13. The molecule has 36 heavy (non-hydrogen) atoms. The largest absolute Gasteiger partial charge is 0.466 e. The smallest absolute Gasteiger partial charge is 0.311 e. The molecule has 1 aliphatic carbocycles. The van der Waals surface area contributed by atoms with E-state index in [0.29, 0.717) is 22.5 Å². The fourth-order valence-corrected chi connectivity index (χ4v) is 6.84. The lowest BCUT2D eigenvalue weighted by Gasteiger charge is -2.61. The van der Waals surface area contributed by atoms with Gasteiger partial charge in [-0.15, -0.1) is 0 Å². The number of benzene rings is 2. The summed E-state index contributed by atoms with van der Waals surface area (Å²) in [5.74, 6) is -4.63. The predicted molar refractivity (Wildman–Crippen MR) is 133 cm³/mol. The molecule has 2 amide bonds. The summed E-state index contributed by atoms with van der Waals surface area (Å²) >= 11 is 0. The van der Waals surface area contributed by atoms with Crippen LogP contribution in [0.2, 0.25) is 0 Å². The van der Waals surface area contributed by atoms with E-state index < -0.39 is 46.4 Å². The summed E-state index contributed by atoms with van der Waals surface area (Å²) in [6.45, 7) is 7.28. The van der Waals surface area contributed by atoms with E-state index in [2.05, 4.69) is 0 Å². The molecule has 2 heterocycles. The van der Waals surface area contributed by atoms with E-state index in [1.165, 1.54) is 9.80 Å². The number of esters is 2. The van der Waals surface area contributed by atoms with Gasteiger partial charge in [0, 0.05) is 25.5 Å². The Labute approximate surface area is 210 Å². The highest BCUT2D eigenvalue weighted by Gasteiger charge is 2.88. The molecule has 8 nitrogen and oxygen atoms in total. The maximum Gasteiger partial charge on any atom is 0.311 e. The Morgan fingerprint density at radius 3 is 1.44 bits per heavy atom. The summed E-state index contributed by atoms with van der Waals surface area (Å²) in [6.07, 6.45) is 0. The first-order valence-corrected chi connectivity index (χ1v) is 12.2. The minimum Gasteiger partial charge on any atom is -0.466 e. The third kappa shape index (κ3) is 2.54. The van der Waals surface area contributed by atoms with Gasteiger partial charge >= 0.3 is 11.9 Å². The molecular weight excluding hydrogens is 460 g/mol. The van der Waals surface area contributed by atoms with Crippen LogP contribution in [0.3, 0.4) is 0 Å². The highest BCUT2D eigenvalue weighted by atomic mass is 16.5. The van der Waals surface area contributed by atoms with Crippen molar-refractivity contribution in [3.63, 3.8) is 0 Å². The number of hydrogen-bond donors (Lipinski definition) is 0. The zero-order chi connectivity index (χ0) is 26.2. The quantitative estimate of drug-likeness (QED) is 0.612. The molecule has 0 saturated heterocycles. The van der Waals surface area contributed by atoms with Crippen molar-refractivity contribution in [2.24, 2.45) is 11.8 Å². The lowest BCUT2D eigenvalue weighted by Crippen LogP contribution is -2.80. The monoisotopic (exact) mass is 490 g/mol. The second-order valence-corrected chi connectivity index (χ2v) is 9.85. The molecule has 4 atom stereocenters. The molecule has 3 aliphatic rings. The first kappa shape index (κ1) is 24.0. The topological polar surface area (TPSA) is 93.2 Å². The van der Waals surface area contributed by atoms with Crippen LogP contribution in [0.5, 0.6) is 0 Å². The Kier molecular flexibility index (Phi) is 5.28. The van der Waals surface area contributed by atoms with E-state index in [1.54, 1.807) is 27.9 Å². The number of ether oxygens (including phenoxy) is 2. The number of aryl methyl sites for hydroxylation is 2. The van der Waals surface area contributed by atoms with Crippen molar-refractivity contribution in [2.75, 3.05) is 37.1 Å². The maximum atomic E-state index is 14.4. The van der Waals surface area contributed by atoms with Gasteiger partial charge in [-0.3, -0.25) is 19.2 Å². The summed E-state index contributed by atoms with van der Waals surface area (Å²) in [6, 6.07) is 11.1. The SMILES string of the molecule is CCOC(=O)[C@@H]1[C@@H](C(=O)OCC)[C@]2(C(=O)N(C)c3ccc(C)cc32)[C@@]12C(=O)N(C)c1ccc(C)cc12. The Morgan fingerprint density at radius 2 is 1.11 bits per heavy atom. The van der Waals surface area contributed by atoms with Gasteiger partial charge in [-0.1, -0.05) is 35.4 Å². The van der Waals surface area contributed by atoms with Gasteiger partial charge in [0.05, 0.1) is 25.0 Å². The van der Waals surface area contributed by atoms with Gasteiger partial charge in [0.2, 0.25) is 11.8 Å². The molecule has 2 spiro atoms. The van der Waals surface area contributed by atoms with Gasteiger partial charge in [-0.25, -0.2) is 0 Å². The number of carbonyl (C=O) groups is 4. The van der Waals surface area contributed by atoms with Gasteiger partial charge in [0.1, 0.15) is 10.8 Å². The van der Waals surface area contributed by atoms with Gasteiger partial charge in [-0.2, -0.15) is 0 Å². The predicted octanol–water partition coefficient (Wildman–Crippen LogP) is 2.80. The summed E-state index contributed by atoms with van der Waals surface area (Å²) in [5.41, 5.74) is 0.772. The molecule has 5 rings (SSSR count). The highest BCUT2D eigenvalue weighted by Crippen LogP contribution is 2.73. The van der Waals surface area contributed by atoms with E-state index in [4.69, 9.17) is 9.47 Å². The van der Waals surface area contributed by atoms with Gasteiger partial charge in [0.15, 0.2) is 0 Å². The van der Waals surface area contributed by atoms with Crippen molar-refractivity contribution in [1.29, 1.82) is 0 Å². The second kappa shape index (κ2) is 7.91. The van der Waals surface area contributed by atoms with E-state index >= 15 is 0 Å². The first-order valence-electron chi connectivity index (χ1n) is 12.2. The van der Waals surface area contributed by atoms with Crippen LogP contribution in [0.25, 0.3) is 0 Å². The van der Waals surface area contributed by atoms with Crippen molar-refractivity contribution in [3.8, 4) is 0 Å². The lowest BCUT2D eigenvalue weighted by atomic mass is 9.34. The van der Waals surface area contributed by atoms with Crippen molar-refractivity contribution in [3.05, 3.63) is 58.7 Å². The molecule has 0 N–H and O–H groups in total. The highest BCUT2D eigenvalue weighted by molar-refractivity contribution is 6.24. The molecule has 0 radical (unpaired) electrons. The molecule has 1 saturated carbocycles. The van der Waals surface area contributed by atoms with Gasteiger partial charge in [-0.05, 0) is 51.0 Å². The summed E-state index contributed by atoms with van der Waals surface area (Å²) in [7, 11) is 3.28. The minimum absolute atomic E-state index is 0.0716. The average molecular weight is 491 g/mol. The standard InChI is InChI=1S/C28H30N2O6/c1-7-35-23(31)21-22(24(32)36-8-2)28(18-14-16(4)10-12-20(18)30(6)26(28)34)27(21)17-13-15(3)9-11-19(17)29(5)25(27)33/h9-14,21-22H,7-8H2,1-6H3/t21-,22-,27+,28+/m0/s1. The molecule has 2 aliphatic heterocycles. The van der Waals surface area contributed by atoms with Crippen LogP contribution in [-0.4, -0.2) is 51.1 Å². The van der Waals surface area contributed by atoms with Crippen molar-refractivity contribution in [2.45, 2.75) is 38.5 Å². The fraction of sp³-hybridized carbons (Fsp3) is 0.429. The van der Waals surface area contributed by atoms with Crippen LogP contribution in [0.4, 0.5) is 11.4 Å². The molecule has 2 aromatic carbocycles. The van der Waals surface area contributed by atoms with E-state index in [-0.39, 0.29) is 13.2 Å². The number of likely N-dealkylation sites (N-methyl/N-ethyl adjacent to an activating group) is 2. The maximum absolute atomic E-state index is 14.4. The van der Waals surface area contributed by atoms with Crippen molar-refractivity contribution >= 4 is 35.1 Å². The molecule has 2 aromatic rings. The lowest BCUT2D eigenvalue weighted by molar-refractivity contribution is -0.194. The van der Waals surface area contributed by atoms with Crippen LogP contribution < -0.4 is 9.80 Å². The number of hydrogen-bond acceptors (Lipinski definition) is 6. The molecule has 0 bridgehead atoms. The summed E-state index contributed by atoms with van der Waals surface area (Å²) in [4.78, 5) is 59.1. The van der Waals surface area contributed by atoms with Crippen LogP contribution in [0, 0.1) is 25.7 Å². The number of rotatable bonds is 4. The number of amides is 2. The van der Waals surface area contributed by atoms with Crippen LogP contribution >= 0.6 is 0 Å². The number of fused-ring (bicyclic) bond motifs is 5. The number of nitrogens with zero attached hydrogens (tertiary/aromatic N) is 2. The summed E-state index contributed by atoms with van der Waals surface area (Å²) in [5, 5.41) is 0. The average Bonchev–Trinajstić information content (AvgIpc) is 3.19. The van der Waals surface area contributed by atoms with Gasteiger partial charge in [0.25, 0.3) is 0 Å².